The molecule has 30 heavy (non-hydrogen) atoms. The summed E-state index contributed by atoms with van der Waals surface area (Å²) in [7, 11) is 0. The Morgan fingerprint density at radius 3 is 2.30 bits per heavy atom. The molecule has 0 saturated carbocycles. The molecule has 2 amide bonds. The number of hydrogen-bond acceptors (Lipinski definition) is 6. The second-order valence-electron chi connectivity index (χ2n) is 7.33. The van der Waals surface area contributed by atoms with Crippen molar-refractivity contribution >= 4 is 23.6 Å². The Morgan fingerprint density at radius 1 is 1.00 bits per heavy atom. The summed E-state index contributed by atoms with van der Waals surface area (Å²) in [6.45, 7) is 3.03. The Morgan fingerprint density at radius 2 is 1.67 bits per heavy atom. The Bertz CT molecular complexity index is 866. The quantitative estimate of drug-likeness (QED) is 0.814. The van der Waals surface area contributed by atoms with Crippen LogP contribution < -0.4 is 9.80 Å². The number of cyclic esters (lactones) is 1. The summed E-state index contributed by atoms with van der Waals surface area (Å²) >= 11 is 0. The zero-order valence-corrected chi connectivity index (χ0v) is 16.6. The molecule has 2 fully saturated rings. The summed E-state index contributed by atoms with van der Waals surface area (Å²) in [5, 5.41) is 9.17. The van der Waals surface area contributed by atoms with Gasteiger partial charge in [-0.1, -0.05) is 30.3 Å². The molecule has 2 aromatic carbocycles. The number of piperazine rings is 1. The van der Waals surface area contributed by atoms with Crippen molar-refractivity contribution in [1.82, 2.24) is 4.90 Å². The molecule has 2 heterocycles. The molecular formula is C22H25N3O5. The van der Waals surface area contributed by atoms with Crippen LogP contribution in [-0.4, -0.2) is 67.6 Å². The minimum absolute atomic E-state index is 0.182. The normalized spacial score (nSPS) is 19.0. The summed E-state index contributed by atoms with van der Waals surface area (Å²) in [5.41, 5.74) is 2.74. The molecule has 0 spiro atoms. The molecule has 2 saturated heterocycles. The van der Waals surface area contributed by atoms with Crippen molar-refractivity contribution < 1.29 is 24.2 Å². The molecule has 4 rings (SSSR count). The van der Waals surface area contributed by atoms with Gasteiger partial charge in [0.05, 0.1) is 13.2 Å². The highest BCUT2D eigenvalue weighted by Crippen LogP contribution is 2.25. The smallest absolute Gasteiger partial charge is 0.414 e. The summed E-state index contributed by atoms with van der Waals surface area (Å²) in [6.07, 6.45) is -1.21. The fraction of sp³-hybridized carbons (Fsp3) is 0.364. The van der Waals surface area contributed by atoms with Gasteiger partial charge in [0, 0.05) is 37.6 Å². The van der Waals surface area contributed by atoms with Gasteiger partial charge in [-0.2, -0.15) is 0 Å². The number of anilines is 2. The van der Waals surface area contributed by atoms with Crippen molar-refractivity contribution in [2.45, 2.75) is 12.7 Å². The van der Waals surface area contributed by atoms with E-state index in [2.05, 4.69) is 4.90 Å². The second-order valence-corrected chi connectivity index (χ2v) is 7.33. The van der Waals surface area contributed by atoms with E-state index in [1.807, 2.05) is 54.6 Å². The highest BCUT2D eigenvalue weighted by Gasteiger charge is 2.32. The van der Waals surface area contributed by atoms with Crippen LogP contribution in [0.4, 0.5) is 21.0 Å². The molecule has 0 unspecified atom stereocenters. The predicted molar refractivity (Wildman–Crippen MR) is 112 cm³/mol. The molecule has 0 bridgehead atoms. The van der Waals surface area contributed by atoms with E-state index < -0.39 is 12.2 Å². The predicted octanol–water partition coefficient (Wildman–Crippen LogP) is 2.46. The van der Waals surface area contributed by atoms with Crippen molar-refractivity contribution in [2.24, 2.45) is 0 Å². The number of ether oxygens (including phenoxy) is 2. The second kappa shape index (κ2) is 9.04. The number of amides is 2. The van der Waals surface area contributed by atoms with E-state index in [1.165, 1.54) is 4.90 Å². The minimum atomic E-state index is -0.480. The fourth-order valence-electron chi connectivity index (χ4n) is 3.63. The number of hydrogen-bond donors (Lipinski definition) is 1. The number of carbonyl (C=O) groups is 2. The number of benzene rings is 2. The molecule has 158 valence electrons. The third-order valence-electron chi connectivity index (χ3n) is 5.35. The first-order valence-electron chi connectivity index (χ1n) is 10.0. The number of carbonyl (C=O) groups excluding carboxylic acids is 2. The maximum atomic E-state index is 12.3. The topological polar surface area (TPSA) is 82.6 Å². The molecule has 8 heteroatoms. The van der Waals surface area contributed by atoms with Gasteiger partial charge in [0.2, 0.25) is 0 Å². The van der Waals surface area contributed by atoms with Crippen LogP contribution in [0.25, 0.3) is 0 Å². The van der Waals surface area contributed by atoms with Gasteiger partial charge in [-0.05, 0) is 29.8 Å². The van der Waals surface area contributed by atoms with Gasteiger partial charge in [-0.3, -0.25) is 4.90 Å². The Hall–Kier alpha value is -3.26. The molecule has 1 N–H and O–H groups in total. The van der Waals surface area contributed by atoms with Gasteiger partial charge in [0.25, 0.3) is 0 Å². The molecule has 0 radical (unpaired) electrons. The zero-order valence-electron chi connectivity index (χ0n) is 16.6. The number of aliphatic hydroxyl groups excluding tert-OH is 1. The first kappa shape index (κ1) is 20.0. The van der Waals surface area contributed by atoms with Crippen LogP contribution in [0.2, 0.25) is 0 Å². The van der Waals surface area contributed by atoms with Crippen LogP contribution in [0.5, 0.6) is 0 Å². The summed E-state index contributed by atoms with van der Waals surface area (Å²) in [6, 6.07) is 17.3. The molecule has 2 aliphatic rings. The molecule has 1 atom stereocenters. The van der Waals surface area contributed by atoms with Crippen molar-refractivity contribution in [1.29, 1.82) is 0 Å². The van der Waals surface area contributed by atoms with E-state index >= 15 is 0 Å². The van der Waals surface area contributed by atoms with Crippen molar-refractivity contribution in [3.05, 3.63) is 60.2 Å². The van der Waals surface area contributed by atoms with E-state index in [4.69, 9.17) is 14.6 Å². The maximum Gasteiger partial charge on any atom is 0.414 e. The molecule has 0 aliphatic carbocycles. The van der Waals surface area contributed by atoms with Gasteiger partial charge in [-0.15, -0.1) is 0 Å². The molecule has 2 aliphatic heterocycles. The van der Waals surface area contributed by atoms with E-state index in [9.17, 15) is 9.59 Å². The van der Waals surface area contributed by atoms with Crippen LogP contribution in [-0.2, 0) is 16.1 Å². The summed E-state index contributed by atoms with van der Waals surface area (Å²) < 4.78 is 10.5. The standard InChI is InChI=1S/C22H25N3O5/c26-15-20-14-25(22(28)30-20)19-8-6-18(7-9-19)23-10-12-24(13-11-23)21(27)29-16-17-4-2-1-3-5-17/h1-9,20,26H,10-16H2/t20-/m1/s1. The third kappa shape index (κ3) is 4.49. The van der Waals surface area contributed by atoms with Gasteiger partial charge in [0.1, 0.15) is 12.7 Å². The SMILES string of the molecule is O=C(OCc1ccccc1)N1CCN(c2ccc(N3C[C@H](CO)OC3=O)cc2)CC1. The third-order valence-corrected chi connectivity index (χ3v) is 5.35. The number of nitrogens with zero attached hydrogens (tertiary/aromatic N) is 3. The van der Waals surface area contributed by atoms with Gasteiger partial charge in [-0.25, -0.2) is 9.59 Å². The lowest BCUT2D eigenvalue weighted by molar-refractivity contribution is 0.0941. The van der Waals surface area contributed by atoms with E-state index in [1.54, 1.807) is 4.90 Å². The first-order valence-corrected chi connectivity index (χ1v) is 10.0. The van der Waals surface area contributed by atoms with Crippen molar-refractivity contribution in [3.63, 3.8) is 0 Å². The zero-order chi connectivity index (χ0) is 20.9. The van der Waals surface area contributed by atoms with E-state index in [0.717, 1.165) is 16.9 Å². The molecular weight excluding hydrogens is 386 g/mol. The van der Waals surface area contributed by atoms with E-state index in [-0.39, 0.29) is 19.3 Å². The van der Waals surface area contributed by atoms with Crippen LogP contribution in [0.15, 0.2) is 54.6 Å². The van der Waals surface area contributed by atoms with Crippen LogP contribution in [0.3, 0.4) is 0 Å². The average molecular weight is 411 g/mol. The number of aliphatic hydroxyl groups is 1. The van der Waals surface area contributed by atoms with E-state index in [0.29, 0.717) is 32.7 Å². The van der Waals surface area contributed by atoms with Gasteiger partial charge < -0.3 is 24.4 Å². The Kier molecular flexibility index (Phi) is 6.04. The highest BCUT2D eigenvalue weighted by molar-refractivity contribution is 5.90. The average Bonchev–Trinajstić information content (AvgIpc) is 3.19. The summed E-state index contributed by atoms with van der Waals surface area (Å²) in [5.74, 6) is 0. The molecule has 8 nitrogen and oxygen atoms in total. The van der Waals surface area contributed by atoms with Crippen molar-refractivity contribution in [3.8, 4) is 0 Å². The van der Waals surface area contributed by atoms with Crippen LogP contribution >= 0.6 is 0 Å². The van der Waals surface area contributed by atoms with Crippen molar-refractivity contribution in [2.75, 3.05) is 49.1 Å². The monoisotopic (exact) mass is 411 g/mol. The fourth-order valence-corrected chi connectivity index (χ4v) is 3.63. The highest BCUT2D eigenvalue weighted by atomic mass is 16.6. The lowest BCUT2D eigenvalue weighted by Crippen LogP contribution is -2.48. The number of rotatable bonds is 5. The van der Waals surface area contributed by atoms with Gasteiger partial charge in [0.15, 0.2) is 0 Å². The lowest BCUT2D eigenvalue weighted by Gasteiger charge is -2.35. The molecule has 0 aromatic heterocycles. The maximum absolute atomic E-state index is 12.3. The molecule has 2 aromatic rings. The largest absolute Gasteiger partial charge is 0.445 e. The summed E-state index contributed by atoms with van der Waals surface area (Å²) in [4.78, 5) is 29.7. The Balaban J connectivity index is 1.28. The van der Waals surface area contributed by atoms with Crippen LogP contribution in [0, 0.1) is 0 Å². The van der Waals surface area contributed by atoms with Crippen LogP contribution in [0.1, 0.15) is 5.56 Å². The minimum Gasteiger partial charge on any atom is -0.445 e. The Labute approximate surface area is 175 Å². The van der Waals surface area contributed by atoms with Gasteiger partial charge >= 0.3 is 12.2 Å². The first-order chi connectivity index (χ1) is 14.6. The lowest BCUT2D eigenvalue weighted by atomic mass is 10.2.